The molecule has 0 aliphatic carbocycles. The van der Waals surface area contributed by atoms with Crippen LogP contribution in [0.3, 0.4) is 0 Å². The third-order valence-corrected chi connectivity index (χ3v) is 2.11. The van der Waals surface area contributed by atoms with E-state index in [1.807, 2.05) is 37.3 Å². The summed E-state index contributed by atoms with van der Waals surface area (Å²) in [6.07, 6.45) is 3.24. The Balaban J connectivity index is 2.52. The van der Waals surface area contributed by atoms with Gasteiger partial charge in [-0.1, -0.05) is 24.3 Å². The van der Waals surface area contributed by atoms with E-state index in [0.717, 1.165) is 10.3 Å². The number of ether oxygens (including phenoxy) is 1. The van der Waals surface area contributed by atoms with Crippen molar-refractivity contribution in [3.8, 4) is 0 Å². The van der Waals surface area contributed by atoms with E-state index in [-0.39, 0.29) is 6.04 Å². The van der Waals surface area contributed by atoms with Gasteiger partial charge in [0.15, 0.2) is 12.3 Å². The molecule has 0 saturated carbocycles. The average Bonchev–Trinajstić information content (AvgIpc) is 2.30. The number of nitrogens with zero attached hydrogens (tertiary/aromatic N) is 1. The number of hydrogen-bond donors (Lipinski definition) is 0. The molecule has 3 heteroatoms. The first-order valence-corrected chi connectivity index (χ1v) is 5.28. The maximum Gasteiger partial charge on any atom is 0.183 e. The Morgan fingerprint density at radius 2 is 2.12 bits per heavy atom. The lowest BCUT2D eigenvalue weighted by molar-refractivity contribution is -0.496. The van der Waals surface area contributed by atoms with Gasteiger partial charge in [0.25, 0.3) is 0 Å². The summed E-state index contributed by atoms with van der Waals surface area (Å²) < 4.78 is 6.14. The summed E-state index contributed by atoms with van der Waals surface area (Å²) in [5, 5.41) is 11.7. The van der Waals surface area contributed by atoms with Crippen molar-refractivity contribution in [1.29, 1.82) is 0 Å². The van der Waals surface area contributed by atoms with Crippen LogP contribution in [0, 0.1) is 5.21 Å². The molecule has 0 fully saturated rings. The van der Waals surface area contributed by atoms with Crippen LogP contribution in [0.1, 0.15) is 12.5 Å². The lowest BCUT2D eigenvalue weighted by atomic mass is 10.2. The summed E-state index contributed by atoms with van der Waals surface area (Å²) in [5.74, 6) is 0. The summed E-state index contributed by atoms with van der Waals surface area (Å²) in [4.78, 5) is 0. The molecule has 0 spiro atoms. The minimum atomic E-state index is -0.194. The van der Waals surface area contributed by atoms with Crippen LogP contribution in [0.2, 0.25) is 0 Å². The highest BCUT2D eigenvalue weighted by Gasteiger charge is 2.08. The van der Waals surface area contributed by atoms with Crippen LogP contribution in [-0.4, -0.2) is 30.2 Å². The van der Waals surface area contributed by atoms with Crippen LogP contribution in [0.4, 0.5) is 0 Å². The van der Waals surface area contributed by atoms with Gasteiger partial charge in [-0.15, -0.1) is 6.58 Å². The van der Waals surface area contributed by atoms with Gasteiger partial charge in [-0.05, 0) is 12.1 Å². The number of hydrogen-bond acceptors (Lipinski definition) is 2. The monoisotopic (exact) mass is 219 g/mol. The molecule has 0 radical (unpaired) electrons. The van der Waals surface area contributed by atoms with E-state index in [1.165, 1.54) is 0 Å². The van der Waals surface area contributed by atoms with E-state index in [9.17, 15) is 5.21 Å². The zero-order valence-corrected chi connectivity index (χ0v) is 9.50. The van der Waals surface area contributed by atoms with Gasteiger partial charge in [0.1, 0.15) is 6.61 Å². The summed E-state index contributed by atoms with van der Waals surface area (Å²) in [6.45, 7) is 6.25. The number of benzene rings is 1. The Kier molecular flexibility index (Phi) is 5.29. The van der Waals surface area contributed by atoms with E-state index >= 15 is 0 Å². The summed E-state index contributed by atoms with van der Waals surface area (Å²) >= 11 is 0. The van der Waals surface area contributed by atoms with Gasteiger partial charge >= 0.3 is 0 Å². The molecular formula is C13H17NO2. The molecule has 3 nitrogen and oxygen atoms in total. The maximum absolute atomic E-state index is 11.7. The van der Waals surface area contributed by atoms with Crippen molar-refractivity contribution in [2.24, 2.45) is 0 Å². The first-order chi connectivity index (χ1) is 7.74. The second kappa shape index (κ2) is 6.80. The molecule has 1 atom stereocenters. The molecule has 0 N–H and O–H groups in total. The van der Waals surface area contributed by atoms with Crippen LogP contribution < -0.4 is 0 Å². The first-order valence-electron chi connectivity index (χ1n) is 5.28. The van der Waals surface area contributed by atoms with Crippen molar-refractivity contribution in [2.45, 2.75) is 13.0 Å². The molecule has 0 aliphatic rings. The second-order valence-corrected chi connectivity index (χ2v) is 3.57. The molecule has 1 aromatic carbocycles. The quantitative estimate of drug-likeness (QED) is 0.184. The molecule has 0 bridgehead atoms. The van der Waals surface area contributed by atoms with E-state index in [0.29, 0.717) is 13.2 Å². The topological polar surface area (TPSA) is 35.3 Å². The Morgan fingerprint density at radius 1 is 1.44 bits per heavy atom. The molecule has 1 aromatic rings. The Bertz CT molecular complexity index is 346. The second-order valence-electron chi connectivity index (χ2n) is 3.57. The van der Waals surface area contributed by atoms with Gasteiger partial charge < -0.3 is 9.94 Å². The van der Waals surface area contributed by atoms with Gasteiger partial charge in [-0.3, -0.25) is 0 Å². The Morgan fingerprint density at radius 3 is 2.75 bits per heavy atom. The fourth-order valence-corrected chi connectivity index (χ4v) is 1.21. The van der Waals surface area contributed by atoms with Crippen molar-refractivity contribution in [2.75, 3.05) is 13.2 Å². The molecule has 1 rings (SSSR count). The molecule has 0 saturated heterocycles. The number of hydroxylamine groups is 1. The van der Waals surface area contributed by atoms with Crippen molar-refractivity contribution in [3.63, 3.8) is 0 Å². The molecule has 0 heterocycles. The highest BCUT2D eigenvalue weighted by molar-refractivity contribution is 5.75. The minimum Gasteiger partial charge on any atom is -0.624 e. The normalized spacial score (nSPS) is 13.4. The van der Waals surface area contributed by atoms with Crippen LogP contribution in [-0.2, 0) is 4.74 Å². The first kappa shape index (κ1) is 12.5. The standard InChI is InChI=1S/C13H17NO2/c1-3-9-16-11-12(2)14(15)10-13-7-5-4-6-8-13/h3-8,10,12H,1,9,11H2,2H3/b14-10-. The fourth-order valence-electron chi connectivity index (χ4n) is 1.21. The molecule has 86 valence electrons. The minimum absolute atomic E-state index is 0.194. The predicted octanol–water partition coefficient (Wildman–Crippen LogP) is 2.21. The largest absolute Gasteiger partial charge is 0.624 e. The van der Waals surface area contributed by atoms with Gasteiger partial charge in [0, 0.05) is 12.5 Å². The predicted molar refractivity (Wildman–Crippen MR) is 65.7 cm³/mol. The van der Waals surface area contributed by atoms with Crippen molar-refractivity contribution < 1.29 is 9.48 Å². The van der Waals surface area contributed by atoms with Gasteiger partial charge in [-0.2, -0.15) is 0 Å². The summed E-state index contributed by atoms with van der Waals surface area (Å²) in [5.41, 5.74) is 0.896. The van der Waals surface area contributed by atoms with E-state index in [2.05, 4.69) is 6.58 Å². The van der Waals surface area contributed by atoms with Crippen molar-refractivity contribution in [1.82, 2.24) is 0 Å². The molecular weight excluding hydrogens is 202 g/mol. The zero-order chi connectivity index (χ0) is 11.8. The van der Waals surface area contributed by atoms with E-state index in [1.54, 1.807) is 12.3 Å². The Hall–Kier alpha value is -1.61. The van der Waals surface area contributed by atoms with Crippen molar-refractivity contribution in [3.05, 3.63) is 53.8 Å². The lowest BCUT2D eigenvalue weighted by Gasteiger charge is -2.12. The third kappa shape index (κ3) is 4.28. The fraction of sp³-hybridized carbons (Fsp3) is 0.308. The van der Waals surface area contributed by atoms with Gasteiger partial charge in [0.2, 0.25) is 0 Å². The van der Waals surface area contributed by atoms with Crippen LogP contribution in [0.15, 0.2) is 43.0 Å². The lowest BCUT2D eigenvalue weighted by Crippen LogP contribution is -2.24. The van der Waals surface area contributed by atoms with E-state index in [4.69, 9.17) is 4.74 Å². The SMILES string of the molecule is C=CCOCC(C)/[N+]([O-])=C/c1ccccc1. The smallest absolute Gasteiger partial charge is 0.183 e. The average molecular weight is 219 g/mol. The van der Waals surface area contributed by atoms with Gasteiger partial charge in [0.05, 0.1) is 6.61 Å². The highest BCUT2D eigenvalue weighted by Crippen LogP contribution is 1.97. The van der Waals surface area contributed by atoms with E-state index < -0.39 is 0 Å². The van der Waals surface area contributed by atoms with Crippen molar-refractivity contribution >= 4 is 6.21 Å². The molecule has 1 unspecified atom stereocenters. The van der Waals surface area contributed by atoms with Crippen LogP contribution >= 0.6 is 0 Å². The maximum atomic E-state index is 11.7. The summed E-state index contributed by atoms with van der Waals surface area (Å²) in [7, 11) is 0. The molecule has 0 amide bonds. The zero-order valence-electron chi connectivity index (χ0n) is 9.50. The number of rotatable bonds is 6. The third-order valence-electron chi connectivity index (χ3n) is 2.11. The van der Waals surface area contributed by atoms with Gasteiger partial charge in [-0.25, -0.2) is 4.74 Å². The Labute approximate surface area is 96.3 Å². The van der Waals surface area contributed by atoms with Crippen LogP contribution in [0.25, 0.3) is 0 Å². The molecule has 0 aliphatic heterocycles. The molecule has 16 heavy (non-hydrogen) atoms. The summed E-state index contributed by atoms with van der Waals surface area (Å²) in [6, 6.07) is 9.31. The molecule has 0 aromatic heterocycles. The van der Waals surface area contributed by atoms with Crippen LogP contribution in [0.5, 0.6) is 0 Å². The highest BCUT2D eigenvalue weighted by atomic mass is 16.5.